The summed E-state index contributed by atoms with van der Waals surface area (Å²) < 4.78 is 33.9. The number of hydrogen-bond acceptors (Lipinski definition) is 3. The van der Waals surface area contributed by atoms with Gasteiger partial charge in [0.1, 0.15) is 0 Å². The molecule has 1 aromatic heterocycles. The lowest BCUT2D eigenvalue weighted by molar-refractivity contribution is -0.144. The number of halogens is 2. The van der Waals surface area contributed by atoms with Crippen LogP contribution in [0.4, 0.5) is 8.78 Å². The Morgan fingerprint density at radius 1 is 1.14 bits per heavy atom. The van der Waals surface area contributed by atoms with E-state index in [1.807, 2.05) is 0 Å². The number of aromatic amines is 1. The van der Waals surface area contributed by atoms with Gasteiger partial charge in [-0.3, -0.25) is 9.29 Å². The topological polar surface area (TPSA) is 31.5 Å². The van der Waals surface area contributed by atoms with Crippen molar-refractivity contribution in [3.8, 4) is 0 Å². The predicted molar refractivity (Wildman–Crippen MR) is 170 cm³/mol. The number of ether oxygens (including phenoxy) is 1. The Morgan fingerprint density at radius 2 is 1.90 bits per heavy atom. The number of aryl methyl sites for hydroxylation is 2. The second-order valence-corrected chi connectivity index (χ2v) is 13.7. The predicted octanol–water partition coefficient (Wildman–Crippen LogP) is 7.96. The van der Waals surface area contributed by atoms with E-state index >= 15 is 4.39 Å². The smallest absolute Gasteiger partial charge is 0.169 e. The standard InChI is InChI=1S/C36H49F2N3O/c1-6-28-15-14-27(11-9-18-40(19-10-17-37)26(2)22-35(3,4)5)21-31(28)34-33-30(29-12-7-8-13-32(29)39-33)16-20-41(34)23-36(38)24-42-25-36/h7-8,12-15,21,34,39H,2,6,9-11,16-20,22-25H2,1,3-5H3. The fourth-order valence-corrected chi connectivity index (χ4v) is 6.85. The number of nitrogens with zero attached hydrogens (tertiary/aromatic N) is 2. The van der Waals surface area contributed by atoms with Crippen LogP contribution in [0, 0.1) is 5.41 Å². The summed E-state index contributed by atoms with van der Waals surface area (Å²) in [6.07, 6.45) is 5.16. The number of hydrogen-bond donors (Lipinski definition) is 1. The highest BCUT2D eigenvalue weighted by Gasteiger charge is 2.44. The lowest BCUT2D eigenvalue weighted by Crippen LogP contribution is -2.55. The molecule has 2 aromatic carbocycles. The second kappa shape index (κ2) is 12.9. The molecule has 4 nitrogen and oxygen atoms in total. The van der Waals surface area contributed by atoms with Crippen molar-refractivity contribution in [2.24, 2.45) is 5.41 Å². The van der Waals surface area contributed by atoms with Crippen LogP contribution in [-0.4, -0.2) is 66.5 Å². The van der Waals surface area contributed by atoms with E-state index in [0.29, 0.717) is 19.5 Å². The third-order valence-corrected chi connectivity index (χ3v) is 8.86. The molecule has 5 rings (SSSR count). The van der Waals surface area contributed by atoms with E-state index < -0.39 is 5.67 Å². The van der Waals surface area contributed by atoms with Gasteiger partial charge >= 0.3 is 0 Å². The quantitative estimate of drug-likeness (QED) is 0.224. The van der Waals surface area contributed by atoms with Crippen LogP contribution in [0.3, 0.4) is 0 Å². The highest BCUT2D eigenvalue weighted by molar-refractivity contribution is 5.85. The molecule has 2 aliphatic heterocycles. The van der Waals surface area contributed by atoms with Crippen molar-refractivity contribution in [3.05, 3.63) is 82.7 Å². The molecule has 42 heavy (non-hydrogen) atoms. The van der Waals surface area contributed by atoms with E-state index in [2.05, 4.69) is 91.5 Å². The molecule has 1 saturated heterocycles. The van der Waals surface area contributed by atoms with Gasteiger partial charge < -0.3 is 14.6 Å². The zero-order valence-corrected chi connectivity index (χ0v) is 26.1. The fraction of sp³-hybridized carbons (Fsp3) is 0.556. The Morgan fingerprint density at radius 3 is 2.60 bits per heavy atom. The van der Waals surface area contributed by atoms with Crippen molar-refractivity contribution in [3.63, 3.8) is 0 Å². The molecule has 2 aliphatic rings. The molecule has 0 amide bonds. The van der Waals surface area contributed by atoms with Crippen LogP contribution in [0.1, 0.15) is 80.9 Å². The van der Waals surface area contributed by atoms with E-state index in [0.717, 1.165) is 56.4 Å². The first-order valence-corrected chi connectivity index (χ1v) is 15.8. The average Bonchev–Trinajstić information content (AvgIpc) is 3.31. The SMILES string of the molecule is C=C(CC(C)(C)C)N(CCCF)CCCc1ccc(CC)c(C2c3[nH]c4ccccc4c3CCN2CC2(F)COC2)c1. The minimum absolute atomic E-state index is 0.0307. The molecule has 1 N–H and O–H groups in total. The van der Waals surface area contributed by atoms with Crippen LogP contribution in [0.25, 0.3) is 10.9 Å². The van der Waals surface area contributed by atoms with Crippen molar-refractivity contribution in [2.45, 2.75) is 77.9 Å². The fourth-order valence-electron chi connectivity index (χ4n) is 6.85. The number of rotatable bonds is 13. The number of allylic oxidation sites excluding steroid dienone is 1. The van der Waals surface area contributed by atoms with Gasteiger partial charge in [0.05, 0.1) is 25.9 Å². The summed E-state index contributed by atoms with van der Waals surface area (Å²) in [5.74, 6) is 0. The number of benzene rings is 2. The van der Waals surface area contributed by atoms with Gasteiger partial charge in [-0.2, -0.15) is 0 Å². The maximum atomic E-state index is 15.5. The van der Waals surface area contributed by atoms with Crippen LogP contribution in [-0.2, 0) is 24.0 Å². The van der Waals surface area contributed by atoms with Gasteiger partial charge in [0.15, 0.2) is 5.67 Å². The van der Waals surface area contributed by atoms with Crippen LogP contribution in [0.15, 0.2) is 54.7 Å². The Kier molecular flexibility index (Phi) is 9.44. The molecule has 0 bridgehead atoms. The van der Waals surface area contributed by atoms with Crippen molar-refractivity contribution in [1.29, 1.82) is 0 Å². The maximum Gasteiger partial charge on any atom is 0.169 e. The number of fused-ring (bicyclic) bond motifs is 3. The zero-order valence-electron chi connectivity index (χ0n) is 26.1. The summed E-state index contributed by atoms with van der Waals surface area (Å²) in [7, 11) is 0. The first-order valence-electron chi connectivity index (χ1n) is 15.8. The summed E-state index contributed by atoms with van der Waals surface area (Å²) >= 11 is 0. The molecule has 3 aromatic rings. The minimum Gasteiger partial charge on any atom is -0.375 e. The van der Waals surface area contributed by atoms with Gasteiger partial charge in [-0.25, -0.2) is 4.39 Å². The minimum atomic E-state index is -1.29. The third kappa shape index (κ3) is 6.92. The zero-order chi connectivity index (χ0) is 29.9. The maximum absolute atomic E-state index is 15.5. The van der Waals surface area contributed by atoms with E-state index in [1.54, 1.807) is 0 Å². The van der Waals surface area contributed by atoms with Crippen molar-refractivity contribution < 1.29 is 13.5 Å². The molecule has 1 atom stereocenters. The number of H-pyrrole nitrogens is 1. The highest BCUT2D eigenvalue weighted by atomic mass is 19.1. The number of para-hydroxylation sites is 1. The summed E-state index contributed by atoms with van der Waals surface area (Å²) in [6, 6.07) is 15.4. The molecular formula is C36H49F2N3O. The normalized spacial score (nSPS) is 18.6. The number of nitrogens with one attached hydrogen (secondary N) is 1. The second-order valence-electron chi connectivity index (χ2n) is 13.7. The largest absolute Gasteiger partial charge is 0.375 e. The molecule has 0 radical (unpaired) electrons. The first kappa shape index (κ1) is 30.7. The van der Waals surface area contributed by atoms with Crippen LogP contribution in [0.5, 0.6) is 0 Å². The molecular weight excluding hydrogens is 528 g/mol. The van der Waals surface area contributed by atoms with Crippen LogP contribution >= 0.6 is 0 Å². The van der Waals surface area contributed by atoms with Gasteiger partial charge in [-0.15, -0.1) is 0 Å². The third-order valence-electron chi connectivity index (χ3n) is 8.86. The molecule has 0 saturated carbocycles. The lowest BCUT2D eigenvalue weighted by Gasteiger charge is -2.43. The van der Waals surface area contributed by atoms with Gasteiger partial charge in [0.2, 0.25) is 0 Å². The summed E-state index contributed by atoms with van der Waals surface area (Å²) in [4.78, 5) is 8.38. The molecule has 3 heterocycles. The molecule has 228 valence electrons. The van der Waals surface area contributed by atoms with Crippen molar-refractivity contribution in [2.75, 3.05) is 46.1 Å². The summed E-state index contributed by atoms with van der Waals surface area (Å²) in [5.41, 5.74) is 7.54. The number of aromatic nitrogens is 1. The van der Waals surface area contributed by atoms with Gasteiger partial charge in [-0.1, -0.05) is 70.7 Å². The van der Waals surface area contributed by atoms with E-state index in [-0.39, 0.29) is 31.3 Å². The van der Waals surface area contributed by atoms with Gasteiger partial charge in [0, 0.05) is 48.5 Å². The Balaban J connectivity index is 1.42. The highest BCUT2D eigenvalue weighted by Crippen LogP contribution is 2.41. The summed E-state index contributed by atoms with van der Waals surface area (Å²) in [5, 5.41) is 1.28. The van der Waals surface area contributed by atoms with E-state index in [1.165, 1.54) is 33.3 Å². The molecule has 1 fully saturated rings. The van der Waals surface area contributed by atoms with E-state index in [9.17, 15) is 4.39 Å². The van der Waals surface area contributed by atoms with Gasteiger partial charge in [0.25, 0.3) is 0 Å². The van der Waals surface area contributed by atoms with Crippen molar-refractivity contribution >= 4 is 10.9 Å². The molecule has 1 unspecified atom stereocenters. The van der Waals surface area contributed by atoms with Crippen LogP contribution in [0.2, 0.25) is 0 Å². The molecule has 6 heteroatoms. The average molecular weight is 578 g/mol. The molecule has 0 aliphatic carbocycles. The Labute approximate surface area is 251 Å². The number of alkyl halides is 2. The Bertz CT molecular complexity index is 1370. The lowest BCUT2D eigenvalue weighted by atomic mass is 9.86. The van der Waals surface area contributed by atoms with E-state index in [4.69, 9.17) is 4.74 Å². The molecule has 0 spiro atoms. The van der Waals surface area contributed by atoms with Crippen molar-refractivity contribution in [1.82, 2.24) is 14.8 Å². The first-order chi connectivity index (χ1) is 20.1. The monoisotopic (exact) mass is 577 g/mol. The summed E-state index contributed by atoms with van der Waals surface area (Å²) in [6.45, 7) is 16.0. The Hall–Kier alpha value is -2.70. The van der Waals surface area contributed by atoms with Crippen LogP contribution < -0.4 is 0 Å². The van der Waals surface area contributed by atoms with Gasteiger partial charge in [-0.05, 0) is 72.3 Å².